The minimum Gasteiger partial charge on any atom is -0.444 e. The molecule has 0 spiro atoms. The van der Waals surface area contributed by atoms with Crippen molar-refractivity contribution in [2.24, 2.45) is 0 Å². The molecule has 204 valence electrons. The summed E-state index contributed by atoms with van der Waals surface area (Å²) in [6, 6.07) is 12.1. The van der Waals surface area contributed by atoms with E-state index in [1.54, 1.807) is 64.1 Å². The lowest BCUT2D eigenvalue weighted by molar-refractivity contribution is -0.141. The molecule has 0 radical (unpaired) electrons. The van der Waals surface area contributed by atoms with Gasteiger partial charge in [0.1, 0.15) is 5.60 Å². The number of benzene rings is 2. The van der Waals surface area contributed by atoms with Gasteiger partial charge in [0.25, 0.3) is 0 Å². The van der Waals surface area contributed by atoms with E-state index in [9.17, 15) is 22.8 Å². The lowest BCUT2D eigenvalue weighted by atomic mass is 9.99. The van der Waals surface area contributed by atoms with Crippen molar-refractivity contribution in [3.05, 3.63) is 81.1 Å². The fourth-order valence-corrected chi connectivity index (χ4v) is 3.90. The molecule has 7 nitrogen and oxygen atoms in total. The largest absolute Gasteiger partial charge is 0.444 e. The van der Waals surface area contributed by atoms with Crippen LogP contribution < -0.4 is 10.6 Å². The number of ether oxygens (including phenoxy) is 1. The van der Waals surface area contributed by atoms with Gasteiger partial charge in [0.15, 0.2) is 5.69 Å². The fraction of sp³-hybridized carbons (Fsp3) is 0.346. The second-order valence-corrected chi connectivity index (χ2v) is 10.4. The van der Waals surface area contributed by atoms with Gasteiger partial charge in [-0.2, -0.15) is 18.3 Å². The molecule has 1 unspecified atom stereocenters. The third-order valence-corrected chi connectivity index (χ3v) is 5.95. The molecule has 0 bridgehead atoms. The SMILES string of the molecule is CC(C(=O)NCc1cc(C(F)(F)F)nn1-c1cccc(Cl)c1)c1ccc(CNC(=O)OC(C)(C)C)c(Cl)c1. The van der Waals surface area contributed by atoms with Gasteiger partial charge in [0.05, 0.1) is 23.8 Å². The molecule has 0 aliphatic rings. The van der Waals surface area contributed by atoms with E-state index in [2.05, 4.69) is 15.7 Å². The van der Waals surface area contributed by atoms with Crippen molar-refractivity contribution in [3.63, 3.8) is 0 Å². The average molecular weight is 571 g/mol. The highest BCUT2D eigenvalue weighted by Crippen LogP contribution is 2.30. The Bertz CT molecular complexity index is 1320. The van der Waals surface area contributed by atoms with E-state index in [0.29, 0.717) is 26.9 Å². The topological polar surface area (TPSA) is 85.3 Å². The van der Waals surface area contributed by atoms with E-state index < -0.39 is 35.4 Å². The number of nitrogens with zero attached hydrogens (tertiary/aromatic N) is 2. The lowest BCUT2D eigenvalue weighted by Crippen LogP contribution is -2.32. The van der Waals surface area contributed by atoms with Crippen LogP contribution in [0.1, 0.15) is 56.1 Å². The van der Waals surface area contributed by atoms with Crippen LogP contribution in [0.15, 0.2) is 48.5 Å². The number of hydrogen-bond acceptors (Lipinski definition) is 4. The van der Waals surface area contributed by atoms with Crippen LogP contribution in [0.25, 0.3) is 5.69 Å². The molecule has 12 heteroatoms. The number of amides is 2. The van der Waals surface area contributed by atoms with Crippen LogP contribution in [0.5, 0.6) is 0 Å². The van der Waals surface area contributed by atoms with E-state index >= 15 is 0 Å². The van der Waals surface area contributed by atoms with E-state index in [1.807, 2.05) is 0 Å². The first-order valence-corrected chi connectivity index (χ1v) is 12.3. The number of hydrogen-bond donors (Lipinski definition) is 2. The number of alkyl carbamates (subject to hydrolysis) is 1. The standard InChI is InChI=1S/C26H27Cl2F3N4O3/c1-15(16-8-9-17(21(28)10-16)13-33-24(37)38-25(2,3)4)23(36)32-14-20-12-22(26(29,30)31)34-35(20)19-7-5-6-18(27)11-19/h5-12,15H,13-14H2,1-4H3,(H,32,36)(H,33,37). The Kier molecular flexibility index (Phi) is 8.99. The van der Waals surface area contributed by atoms with Crippen molar-refractivity contribution >= 4 is 35.2 Å². The van der Waals surface area contributed by atoms with Crippen LogP contribution in [0.4, 0.5) is 18.0 Å². The Balaban J connectivity index is 1.70. The van der Waals surface area contributed by atoms with Crippen molar-refractivity contribution in [3.8, 4) is 5.69 Å². The summed E-state index contributed by atoms with van der Waals surface area (Å²) >= 11 is 12.4. The van der Waals surface area contributed by atoms with E-state index in [0.717, 1.165) is 10.7 Å². The van der Waals surface area contributed by atoms with Crippen LogP contribution in [0.3, 0.4) is 0 Å². The first-order valence-electron chi connectivity index (χ1n) is 11.6. The quantitative estimate of drug-likeness (QED) is 0.333. The Labute approximate surface area is 228 Å². The highest BCUT2D eigenvalue weighted by molar-refractivity contribution is 6.31. The summed E-state index contributed by atoms with van der Waals surface area (Å²) in [5, 5.41) is 9.63. The number of rotatable bonds is 7. The molecule has 2 N–H and O–H groups in total. The van der Waals surface area contributed by atoms with Gasteiger partial charge in [-0.15, -0.1) is 0 Å². The van der Waals surface area contributed by atoms with Gasteiger partial charge < -0.3 is 15.4 Å². The summed E-state index contributed by atoms with van der Waals surface area (Å²) in [7, 11) is 0. The summed E-state index contributed by atoms with van der Waals surface area (Å²) < 4.78 is 46.3. The van der Waals surface area contributed by atoms with Gasteiger partial charge in [-0.1, -0.05) is 41.4 Å². The third-order valence-electron chi connectivity index (χ3n) is 5.36. The van der Waals surface area contributed by atoms with Crippen molar-refractivity contribution in [2.75, 3.05) is 0 Å². The highest BCUT2D eigenvalue weighted by Gasteiger charge is 2.35. The Morgan fingerprint density at radius 1 is 1.03 bits per heavy atom. The zero-order valence-electron chi connectivity index (χ0n) is 21.1. The maximum absolute atomic E-state index is 13.3. The van der Waals surface area contributed by atoms with Crippen LogP contribution in [-0.2, 0) is 28.8 Å². The second kappa shape index (κ2) is 11.7. The van der Waals surface area contributed by atoms with Gasteiger partial charge in [0.2, 0.25) is 5.91 Å². The molecular formula is C26H27Cl2F3N4O3. The molecule has 1 atom stereocenters. The van der Waals surface area contributed by atoms with Crippen molar-refractivity contribution in [1.29, 1.82) is 0 Å². The van der Waals surface area contributed by atoms with Crippen LogP contribution >= 0.6 is 23.2 Å². The summed E-state index contributed by atoms with van der Waals surface area (Å²) in [4.78, 5) is 24.7. The molecule has 0 aliphatic heterocycles. The zero-order valence-corrected chi connectivity index (χ0v) is 22.6. The highest BCUT2D eigenvalue weighted by atomic mass is 35.5. The number of alkyl halides is 3. The van der Waals surface area contributed by atoms with Gasteiger partial charge in [-0.05, 0) is 69.2 Å². The average Bonchev–Trinajstić information content (AvgIpc) is 3.25. The summed E-state index contributed by atoms with van der Waals surface area (Å²) in [6.45, 7) is 6.83. The third kappa shape index (κ3) is 7.88. The van der Waals surface area contributed by atoms with E-state index in [-0.39, 0.29) is 18.8 Å². The second-order valence-electron chi connectivity index (χ2n) is 9.56. The number of carbonyl (C=O) groups is 2. The van der Waals surface area contributed by atoms with E-state index in [4.69, 9.17) is 27.9 Å². The minimum atomic E-state index is -4.66. The first-order chi connectivity index (χ1) is 17.6. The van der Waals surface area contributed by atoms with Crippen molar-refractivity contribution < 1.29 is 27.5 Å². The van der Waals surface area contributed by atoms with Crippen molar-refractivity contribution in [1.82, 2.24) is 20.4 Å². The monoisotopic (exact) mass is 570 g/mol. The first kappa shape index (κ1) is 29.3. The predicted octanol–water partition coefficient (Wildman–Crippen LogP) is 6.64. The summed E-state index contributed by atoms with van der Waals surface area (Å²) in [5.41, 5.74) is -0.0564. The van der Waals surface area contributed by atoms with Gasteiger partial charge in [-0.25, -0.2) is 9.48 Å². The fourth-order valence-electron chi connectivity index (χ4n) is 3.46. The summed E-state index contributed by atoms with van der Waals surface area (Å²) in [5.74, 6) is -1.09. The Morgan fingerprint density at radius 3 is 2.34 bits per heavy atom. The maximum Gasteiger partial charge on any atom is 0.435 e. The molecule has 3 aromatic rings. The van der Waals surface area contributed by atoms with Gasteiger partial charge >= 0.3 is 12.3 Å². The number of nitrogens with one attached hydrogen (secondary N) is 2. The molecule has 0 saturated heterocycles. The van der Waals surface area contributed by atoms with Gasteiger partial charge in [0, 0.05) is 16.6 Å². The molecule has 2 aromatic carbocycles. The molecule has 0 saturated carbocycles. The molecule has 1 heterocycles. The van der Waals surface area contributed by atoms with Crippen LogP contribution in [-0.4, -0.2) is 27.4 Å². The minimum absolute atomic E-state index is 0.127. The molecule has 0 aliphatic carbocycles. The summed E-state index contributed by atoms with van der Waals surface area (Å²) in [6.07, 6.45) is -5.25. The molecule has 0 fully saturated rings. The number of aromatic nitrogens is 2. The molecule has 38 heavy (non-hydrogen) atoms. The van der Waals surface area contributed by atoms with Gasteiger partial charge in [-0.3, -0.25) is 4.79 Å². The molecule has 2 amide bonds. The maximum atomic E-state index is 13.3. The Hall–Kier alpha value is -3.24. The molecule has 3 rings (SSSR count). The molecule has 1 aromatic heterocycles. The number of halogens is 5. The molecular weight excluding hydrogens is 544 g/mol. The van der Waals surface area contributed by atoms with Crippen LogP contribution in [0.2, 0.25) is 10.0 Å². The predicted molar refractivity (Wildman–Crippen MR) is 138 cm³/mol. The zero-order chi connectivity index (χ0) is 28.3. The van der Waals surface area contributed by atoms with E-state index in [1.165, 1.54) is 6.07 Å². The van der Waals surface area contributed by atoms with Crippen molar-refractivity contribution in [2.45, 2.75) is 58.5 Å². The lowest BCUT2D eigenvalue weighted by Gasteiger charge is -2.20. The van der Waals surface area contributed by atoms with Crippen LogP contribution in [0, 0.1) is 0 Å². The number of carbonyl (C=O) groups excluding carboxylic acids is 2. The normalized spacial score (nSPS) is 12.7. The Morgan fingerprint density at radius 2 is 1.74 bits per heavy atom. The smallest absolute Gasteiger partial charge is 0.435 e.